The highest BCUT2D eigenvalue weighted by molar-refractivity contribution is 6.18. The van der Waals surface area contributed by atoms with E-state index in [0.717, 1.165) is 6.54 Å². The Hall–Kier alpha value is -4.20. The minimum Gasteiger partial charge on any atom is -0.331 e. The average molecular weight is 498 g/mol. The summed E-state index contributed by atoms with van der Waals surface area (Å²) in [5.41, 5.74) is 16.8. The van der Waals surface area contributed by atoms with Gasteiger partial charge in [0.1, 0.15) is 0 Å². The summed E-state index contributed by atoms with van der Waals surface area (Å²) < 4.78 is 0. The van der Waals surface area contributed by atoms with E-state index in [2.05, 4.69) is 142 Å². The van der Waals surface area contributed by atoms with Crippen molar-refractivity contribution in [1.82, 2.24) is 0 Å². The van der Waals surface area contributed by atoms with E-state index in [4.69, 9.17) is 5.73 Å². The Morgan fingerprint density at radius 3 is 1.76 bits per heavy atom. The number of hydrogen-bond donors (Lipinski definition) is 1. The van der Waals surface area contributed by atoms with Crippen molar-refractivity contribution in [3.05, 3.63) is 139 Å². The molecule has 0 heterocycles. The highest BCUT2D eigenvalue weighted by Gasteiger charge is 2.21. The monoisotopic (exact) mass is 497 g/mol. The lowest BCUT2D eigenvalue weighted by atomic mass is 9.94. The Morgan fingerprint density at radius 2 is 1.16 bits per heavy atom. The summed E-state index contributed by atoms with van der Waals surface area (Å²) in [5, 5.41) is 2.74. The lowest BCUT2D eigenvalue weighted by Crippen LogP contribution is -1.87. The molecule has 192 valence electrons. The summed E-state index contributed by atoms with van der Waals surface area (Å²) in [6, 6.07) is 37.1. The average Bonchev–Trinajstić information content (AvgIpc) is 3.28. The van der Waals surface area contributed by atoms with Gasteiger partial charge in [0.15, 0.2) is 0 Å². The molecule has 5 aromatic rings. The molecule has 2 N–H and O–H groups in total. The van der Waals surface area contributed by atoms with Gasteiger partial charge < -0.3 is 5.73 Å². The van der Waals surface area contributed by atoms with Gasteiger partial charge >= 0.3 is 0 Å². The molecule has 1 heteroatoms. The molecule has 0 atom stereocenters. The minimum atomic E-state index is 0.750. The molecule has 0 bridgehead atoms. The van der Waals surface area contributed by atoms with Crippen molar-refractivity contribution in [2.24, 2.45) is 5.73 Å². The van der Waals surface area contributed by atoms with Crippen LogP contribution in [0.5, 0.6) is 0 Å². The molecule has 0 unspecified atom stereocenters. The largest absolute Gasteiger partial charge is 0.331 e. The lowest BCUT2D eigenvalue weighted by molar-refractivity contribution is 1.14. The first-order valence-corrected chi connectivity index (χ1v) is 13.2. The van der Waals surface area contributed by atoms with Crippen LogP contribution in [0.1, 0.15) is 30.5 Å². The fraction of sp³-hybridized carbons (Fsp3) is 0.135. The summed E-state index contributed by atoms with van der Waals surface area (Å²) in [4.78, 5) is 0. The molecule has 1 aliphatic carbocycles. The van der Waals surface area contributed by atoms with Gasteiger partial charge in [0.25, 0.3) is 0 Å². The van der Waals surface area contributed by atoms with Crippen molar-refractivity contribution in [2.75, 3.05) is 6.54 Å². The molecular formula is C37H39N. The first-order valence-electron chi connectivity index (χ1n) is 13.2. The van der Waals surface area contributed by atoms with Crippen LogP contribution in [-0.2, 0) is 0 Å². The maximum absolute atomic E-state index is 4.85. The summed E-state index contributed by atoms with van der Waals surface area (Å²) >= 11 is 0. The molecule has 1 aliphatic rings. The van der Waals surface area contributed by atoms with Crippen LogP contribution in [0.2, 0.25) is 0 Å². The molecule has 1 nitrogen and oxygen atoms in total. The van der Waals surface area contributed by atoms with Gasteiger partial charge in [0.2, 0.25) is 0 Å². The molecule has 0 radical (unpaired) electrons. The van der Waals surface area contributed by atoms with Gasteiger partial charge in [-0.05, 0) is 82.6 Å². The number of rotatable bonds is 2. The van der Waals surface area contributed by atoms with Gasteiger partial charge in [-0.25, -0.2) is 0 Å². The van der Waals surface area contributed by atoms with Crippen LogP contribution in [0, 0.1) is 13.8 Å². The Kier molecular flexibility index (Phi) is 10.4. The molecule has 0 saturated heterocycles. The van der Waals surface area contributed by atoms with E-state index in [0.29, 0.717) is 0 Å². The van der Waals surface area contributed by atoms with E-state index in [9.17, 15) is 0 Å². The third-order valence-corrected chi connectivity index (χ3v) is 6.45. The third kappa shape index (κ3) is 6.19. The zero-order valence-electron chi connectivity index (χ0n) is 23.2. The van der Waals surface area contributed by atoms with Crippen LogP contribution in [0.4, 0.5) is 0 Å². The van der Waals surface area contributed by atoms with Gasteiger partial charge in [-0.15, -0.1) is 13.2 Å². The fourth-order valence-electron chi connectivity index (χ4n) is 4.75. The fourth-order valence-corrected chi connectivity index (χ4v) is 4.75. The van der Waals surface area contributed by atoms with Crippen molar-refractivity contribution in [1.29, 1.82) is 0 Å². The molecule has 0 fully saturated rings. The number of allylic oxidation sites excluding steroid dienone is 1. The van der Waals surface area contributed by atoms with E-state index in [1.54, 1.807) is 0 Å². The van der Waals surface area contributed by atoms with Crippen LogP contribution in [0.3, 0.4) is 0 Å². The Morgan fingerprint density at radius 1 is 0.632 bits per heavy atom. The molecule has 0 aromatic heterocycles. The van der Waals surface area contributed by atoms with Gasteiger partial charge in [-0.1, -0.05) is 128 Å². The number of nitrogens with two attached hydrogens (primary N) is 1. The standard InChI is InChI=1S/C23H16.C10H12.C2H7N.C2H4/c1-15-9-11-16(12-10-15)17-13-14-22-19-6-3-2-5-18(19)21-8-4-7-20(17)23(21)22;1-3-6-10-8-5-4-7-9(10)2;1-2-3;1-2/h2-14H,1H3;3-8H,1-2H3;2-3H2,1H3;1-2H2/b;6-3-;;. The summed E-state index contributed by atoms with van der Waals surface area (Å²) in [5.74, 6) is 0. The highest BCUT2D eigenvalue weighted by atomic mass is 14.5. The van der Waals surface area contributed by atoms with Crippen LogP contribution in [-0.4, -0.2) is 6.54 Å². The van der Waals surface area contributed by atoms with Crippen LogP contribution < -0.4 is 5.73 Å². The second kappa shape index (κ2) is 13.9. The molecule has 0 aliphatic heterocycles. The topological polar surface area (TPSA) is 26.0 Å². The Bertz CT molecular complexity index is 1480. The van der Waals surface area contributed by atoms with Gasteiger partial charge in [0, 0.05) is 0 Å². The summed E-state index contributed by atoms with van der Waals surface area (Å²) in [7, 11) is 0. The predicted octanol–water partition coefficient (Wildman–Crippen LogP) is 10.3. The molecule has 6 rings (SSSR count). The van der Waals surface area contributed by atoms with Crippen molar-refractivity contribution < 1.29 is 0 Å². The van der Waals surface area contributed by atoms with Crippen LogP contribution >= 0.6 is 0 Å². The minimum absolute atomic E-state index is 0.750. The molecule has 0 amide bonds. The summed E-state index contributed by atoms with van der Waals surface area (Å²) in [6.07, 6.45) is 4.18. The highest BCUT2D eigenvalue weighted by Crippen LogP contribution is 2.48. The van der Waals surface area contributed by atoms with E-state index in [1.807, 2.05) is 13.8 Å². The quantitative estimate of drug-likeness (QED) is 0.237. The number of fused-ring (bicyclic) bond motifs is 3. The van der Waals surface area contributed by atoms with Gasteiger partial charge in [-0.2, -0.15) is 0 Å². The van der Waals surface area contributed by atoms with Gasteiger partial charge in [0.05, 0.1) is 0 Å². The van der Waals surface area contributed by atoms with E-state index >= 15 is 0 Å². The SMILES string of the molecule is C/C=C\c1ccccc1C.C=C.CCN.Cc1ccc(-c2ccc3c4c(cccc24)-c2ccccc2-3)cc1. The van der Waals surface area contributed by atoms with E-state index in [-0.39, 0.29) is 0 Å². The summed E-state index contributed by atoms with van der Waals surface area (Å²) in [6.45, 7) is 14.9. The Balaban J connectivity index is 0.000000224. The number of hydrogen-bond acceptors (Lipinski definition) is 1. The smallest absolute Gasteiger partial charge is 0.00201 e. The second-order valence-electron chi connectivity index (χ2n) is 9.07. The molecule has 5 aromatic carbocycles. The first-order chi connectivity index (χ1) is 18.6. The molecule has 38 heavy (non-hydrogen) atoms. The van der Waals surface area contributed by atoms with Crippen molar-refractivity contribution >= 4 is 16.8 Å². The van der Waals surface area contributed by atoms with Crippen molar-refractivity contribution in [2.45, 2.75) is 27.7 Å². The first kappa shape index (κ1) is 28.4. The van der Waals surface area contributed by atoms with E-state index < -0.39 is 0 Å². The maximum atomic E-state index is 4.85. The molecular weight excluding hydrogens is 458 g/mol. The number of aryl methyl sites for hydroxylation is 2. The Labute approximate surface area is 229 Å². The maximum Gasteiger partial charge on any atom is -0.00201 e. The van der Waals surface area contributed by atoms with Crippen molar-refractivity contribution in [3.8, 4) is 33.4 Å². The zero-order valence-corrected chi connectivity index (χ0v) is 23.2. The second-order valence-corrected chi connectivity index (χ2v) is 9.07. The molecule has 0 saturated carbocycles. The molecule has 0 spiro atoms. The predicted molar refractivity (Wildman–Crippen MR) is 170 cm³/mol. The lowest BCUT2D eigenvalue weighted by Gasteiger charge is -2.10. The normalized spacial score (nSPS) is 10.4. The van der Waals surface area contributed by atoms with E-state index in [1.165, 1.54) is 60.8 Å². The van der Waals surface area contributed by atoms with Crippen molar-refractivity contribution in [3.63, 3.8) is 0 Å². The zero-order chi connectivity index (χ0) is 27.5. The third-order valence-electron chi connectivity index (χ3n) is 6.45. The van der Waals surface area contributed by atoms with Crippen LogP contribution in [0.15, 0.2) is 122 Å². The van der Waals surface area contributed by atoms with Crippen LogP contribution in [0.25, 0.3) is 50.2 Å². The number of benzene rings is 5. The van der Waals surface area contributed by atoms with Gasteiger partial charge in [-0.3, -0.25) is 0 Å².